The largest absolute Gasteiger partial charge is 0.497 e. The Kier molecular flexibility index (Phi) is 11.7. The molecule has 0 saturated heterocycles. The second-order valence-corrected chi connectivity index (χ2v) is 8.85. The number of nitrogens with one attached hydrogen (secondary N) is 1. The molecule has 0 fully saturated rings. The number of unbranched alkanes of at least 4 members (excludes halogenated alkanes) is 1. The van der Waals surface area contributed by atoms with E-state index in [2.05, 4.69) is 12.2 Å². The molecule has 32 heavy (non-hydrogen) atoms. The summed E-state index contributed by atoms with van der Waals surface area (Å²) < 4.78 is 10.5. The Bertz CT molecular complexity index is 810. The number of hydrogen-bond donors (Lipinski definition) is 1. The fourth-order valence-electron chi connectivity index (χ4n) is 3.53. The molecule has 0 aromatic heterocycles. The topological polar surface area (TPSA) is 64.6 Å². The quantitative estimate of drug-likeness (QED) is 0.275. The fraction of sp³-hybridized carbons (Fsp3) is 0.462. The van der Waals surface area contributed by atoms with E-state index in [1.165, 1.54) is 11.8 Å². The predicted octanol–water partition coefficient (Wildman–Crippen LogP) is 6.05. The van der Waals surface area contributed by atoms with E-state index in [-0.39, 0.29) is 29.5 Å². The van der Waals surface area contributed by atoms with Crippen LogP contribution in [0.25, 0.3) is 0 Å². The lowest BCUT2D eigenvalue weighted by Gasteiger charge is -2.25. The van der Waals surface area contributed by atoms with Crippen molar-refractivity contribution in [2.24, 2.45) is 0 Å². The molecule has 0 heterocycles. The van der Waals surface area contributed by atoms with Crippen LogP contribution in [0, 0.1) is 0 Å². The first-order valence-corrected chi connectivity index (χ1v) is 12.3. The summed E-state index contributed by atoms with van der Waals surface area (Å²) in [6.45, 7) is 4.30. The minimum atomic E-state index is -0.215. The Morgan fingerprint density at radius 2 is 1.72 bits per heavy atom. The average molecular weight is 458 g/mol. The van der Waals surface area contributed by atoms with Crippen LogP contribution in [0.3, 0.4) is 0 Å². The second kappa shape index (κ2) is 14.6. The minimum absolute atomic E-state index is 0.0422. The van der Waals surface area contributed by atoms with Gasteiger partial charge in [0.15, 0.2) is 5.12 Å². The highest BCUT2D eigenvalue weighted by Crippen LogP contribution is 2.29. The van der Waals surface area contributed by atoms with Gasteiger partial charge in [-0.25, -0.2) is 0 Å². The van der Waals surface area contributed by atoms with Crippen LogP contribution < -0.4 is 10.1 Å². The Morgan fingerprint density at radius 3 is 2.34 bits per heavy atom. The fourth-order valence-corrected chi connectivity index (χ4v) is 4.51. The van der Waals surface area contributed by atoms with E-state index < -0.39 is 0 Å². The summed E-state index contributed by atoms with van der Waals surface area (Å²) >= 11 is 1.40. The van der Waals surface area contributed by atoms with Gasteiger partial charge in [0.2, 0.25) is 0 Å². The predicted molar refractivity (Wildman–Crippen MR) is 132 cm³/mol. The highest BCUT2D eigenvalue weighted by Gasteiger charge is 2.24. The van der Waals surface area contributed by atoms with Crippen molar-refractivity contribution in [3.05, 3.63) is 60.2 Å². The van der Waals surface area contributed by atoms with Crippen LogP contribution >= 0.6 is 11.8 Å². The normalized spacial score (nSPS) is 12.6. The minimum Gasteiger partial charge on any atom is -0.497 e. The van der Waals surface area contributed by atoms with Crippen LogP contribution in [-0.2, 0) is 14.3 Å². The standard InChI is InChI=1S/C26H35NO4S/c1-4-6-16-32-26(29)19-23(27-22-12-14-24(30-3)15-13-22)17-21(18-25(28)31-5-2)20-10-8-7-9-11-20/h7-15,21,23,27H,4-6,16-19H2,1-3H3. The highest BCUT2D eigenvalue weighted by atomic mass is 32.2. The van der Waals surface area contributed by atoms with Gasteiger partial charge in [-0.2, -0.15) is 0 Å². The van der Waals surface area contributed by atoms with Gasteiger partial charge in [-0.15, -0.1) is 0 Å². The summed E-state index contributed by atoms with van der Waals surface area (Å²) in [6.07, 6.45) is 3.43. The summed E-state index contributed by atoms with van der Waals surface area (Å²) in [6, 6.07) is 17.6. The number of methoxy groups -OCH3 is 1. The van der Waals surface area contributed by atoms with E-state index in [0.29, 0.717) is 19.4 Å². The van der Waals surface area contributed by atoms with Crippen molar-refractivity contribution < 1.29 is 19.1 Å². The van der Waals surface area contributed by atoms with Gasteiger partial charge in [-0.3, -0.25) is 9.59 Å². The van der Waals surface area contributed by atoms with Crippen LogP contribution in [-0.4, -0.2) is 36.6 Å². The molecule has 0 saturated carbocycles. The maximum atomic E-state index is 12.7. The van der Waals surface area contributed by atoms with Gasteiger partial charge in [0, 0.05) is 23.9 Å². The number of ether oxygens (including phenoxy) is 2. The number of thioether (sulfide) groups is 1. The third kappa shape index (κ3) is 9.35. The second-order valence-electron chi connectivity index (χ2n) is 7.70. The molecule has 0 spiro atoms. The van der Waals surface area contributed by atoms with Gasteiger partial charge in [0.05, 0.1) is 20.1 Å². The smallest absolute Gasteiger partial charge is 0.306 e. The third-order valence-electron chi connectivity index (χ3n) is 5.19. The molecule has 1 N–H and O–H groups in total. The zero-order valence-corrected chi connectivity index (χ0v) is 20.2. The molecule has 0 bridgehead atoms. The van der Waals surface area contributed by atoms with Crippen LogP contribution in [0.1, 0.15) is 57.4 Å². The van der Waals surface area contributed by atoms with Gasteiger partial charge in [0.1, 0.15) is 5.75 Å². The number of carbonyl (C=O) groups excluding carboxylic acids is 2. The van der Waals surface area contributed by atoms with Crippen LogP contribution in [0.4, 0.5) is 5.69 Å². The monoisotopic (exact) mass is 457 g/mol. The summed E-state index contributed by atoms with van der Waals surface area (Å²) in [5, 5.41) is 3.69. The molecule has 0 radical (unpaired) electrons. The van der Waals surface area contributed by atoms with Gasteiger partial charge >= 0.3 is 5.97 Å². The number of carbonyl (C=O) groups is 2. The molecule has 2 unspecified atom stereocenters. The first-order valence-electron chi connectivity index (χ1n) is 11.3. The van der Waals surface area contributed by atoms with E-state index >= 15 is 0 Å². The number of rotatable bonds is 14. The molecule has 0 amide bonds. The maximum absolute atomic E-state index is 12.7. The zero-order valence-electron chi connectivity index (χ0n) is 19.3. The molecule has 0 aliphatic carbocycles. The molecule has 2 rings (SSSR count). The van der Waals surface area contributed by atoms with Crippen molar-refractivity contribution in [2.75, 3.05) is 24.8 Å². The molecule has 6 heteroatoms. The molecule has 0 aliphatic rings. The van der Waals surface area contributed by atoms with Crippen molar-refractivity contribution >= 4 is 28.5 Å². The van der Waals surface area contributed by atoms with Gasteiger partial charge in [0.25, 0.3) is 0 Å². The molecule has 2 aromatic rings. The number of hydrogen-bond acceptors (Lipinski definition) is 6. The maximum Gasteiger partial charge on any atom is 0.306 e. The summed E-state index contributed by atoms with van der Waals surface area (Å²) in [5.41, 5.74) is 2.00. The lowest BCUT2D eigenvalue weighted by molar-refractivity contribution is -0.143. The van der Waals surface area contributed by atoms with E-state index in [9.17, 15) is 9.59 Å². The van der Waals surface area contributed by atoms with Crippen LogP contribution in [0.5, 0.6) is 5.75 Å². The SMILES string of the molecule is CCCCSC(=O)CC(CC(CC(=O)OCC)c1ccccc1)Nc1ccc(OC)cc1. The van der Waals surface area contributed by atoms with Gasteiger partial charge in [-0.1, -0.05) is 55.4 Å². The van der Waals surface area contributed by atoms with Crippen molar-refractivity contribution in [3.8, 4) is 5.75 Å². The molecular weight excluding hydrogens is 422 g/mol. The van der Waals surface area contributed by atoms with Crippen LogP contribution in [0.2, 0.25) is 0 Å². The van der Waals surface area contributed by atoms with E-state index in [0.717, 1.165) is 35.6 Å². The summed E-state index contributed by atoms with van der Waals surface area (Å²) in [5.74, 6) is 1.37. The lowest BCUT2D eigenvalue weighted by atomic mass is 9.88. The van der Waals surface area contributed by atoms with E-state index in [4.69, 9.17) is 9.47 Å². The highest BCUT2D eigenvalue weighted by molar-refractivity contribution is 8.13. The Hall–Kier alpha value is -2.47. The van der Waals surface area contributed by atoms with Crippen molar-refractivity contribution in [1.82, 2.24) is 0 Å². The Labute approximate surface area is 196 Å². The average Bonchev–Trinajstić information content (AvgIpc) is 2.80. The number of esters is 1. The molecule has 2 aromatic carbocycles. The number of benzene rings is 2. The first-order chi connectivity index (χ1) is 15.5. The van der Waals surface area contributed by atoms with Gasteiger partial charge < -0.3 is 14.8 Å². The van der Waals surface area contributed by atoms with Gasteiger partial charge in [-0.05, 0) is 55.5 Å². The Morgan fingerprint density at radius 1 is 1.00 bits per heavy atom. The zero-order chi connectivity index (χ0) is 23.2. The number of anilines is 1. The Balaban J connectivity index is 2.18. The third-order valence-corrected chi connectivity index (χ3v) is 6.17. The molecular formula is C26H35NO4S. The molecule has 174 valence electrons. The van der Waals surface area contributed by atoms with Crippen molar-refractivity contribution in [2.45, 2.75) is 57.9 Å². The first kappa shape index (κ1) is 25.8. The molecule has 0 aliphatic heterocycles. The van der Waals surface area contributed by atoms with Crippen molar-refractivity contribution in [3.63, 3.8) is 0 Å². The summed E-state index contributed by atoms with van der Waals surface area (Å²) in [4.78, 5) is 25.0. The molecule has 2 atom stereocenters. The van der Waals surface area contributed by atoms with E-state index in [1.54, 1.807) is 7.11 Å². The van der Waals surface area contributed by atoms with E-state index in [1.807, 2.05) is 61.5 Å². The molecule has 5 nitrogen and oxygen atoms in total. The summed E-state index contributed by atoms with van der Waals surface area (Å²) in [7, 11) is 1.64. The van der Waals surface area contributed by atoms with Crippen molar-refractivity contribution in [1.29, 1.82) is 0 Å². The van der Waals surface area contributed by atoms with Crippen LogP contribution in [0.15, 0.2) is 54.6 Å². The lowest BCUT2D eigenvalue weighted by Crippen LogP contribution is -2.26.